The number of alkyl halides is 3. The zero-order valence-electron chi connectivity index (χ0n) is 12.1. The molecule has 3 N–H and O–H groups in total. The Bertz CT molecular complexity index is 504. The maximum atomic E-state index is 12.3. The average molecular weight is 316 g/mol. The monoisotopic (exact) mass is 316 g/mol. The van der Waals surface area contributed by atoms with Gasteiger partial charge in [-0.05, 0) is 31.0 Å². The Balaban J connectivity index is 1.70. The largest absolute Gasteiger partial charge is 0.401 e. The van der Waals surface area contributed by atoms with Crippen molar-refractivity contribution in [3.8, 4) is 0 Å². The van der Waals surface area contributed by atoms with E-state index < -0.39 is 12.7 Å². The molecule has 0 spiro atoms. The van der Waals surface area contributed by atoms with Gasteiger partial charge >= 0.3 is 6.18 Å². The lowest BCUT2D eigenvalue weighted by atomic mass is 10.1. The molecule has 0 saturated carbocycles. The molecular weight excluding hydrogens is 297 g/mol. The van der Waals surface area contributed by atoms with Crippen LogP contribution in [0.15, 0.2) is 18.3 Å². The summed E-state index contributed by atoms with van der Waals surface area (Å²) < 4.78 is 36.9. The Hall–Kier alpha value is -1.83. The van der Waals surface area contributed by atoms with Gasteiger partial charge in [0.2, 0.25) is 5.91 Å². The van der Waals surface area contributed by atoms with Gasteiger partial charge in [-0.2, -0.15) is 13.2 Å². The van der Waals surface area contributed by atoms with Crippen LogP contribution in [0.5, 0.6) is 0 Å². The number of aromatic nitrogens is 1. The molecule has 2 heterocycles. The number of likely N-dealkylation sites (tertiary alicyclic amines) is 1. The first-order valence-corrected chi connectivity index (χ1v) is 7.08. The van der Waals surface area contributed by atoms with E-state index in [2.05, 4.69) is 10.3 Å². The molecule has 1 amide bonds. The zero-order valence-corrected chi connectivity index (χ0v) is 12.1. The number of carbonyl (C=O) groups excluding carboxylic acids is 1. The molecule has 1 aromatic rings. The summed E-state index contributed by atoms with van der Waals surface area (Å²) in [7, 11) is 0. The summed E-state index contributed by atoms with van der Waals surface area (Å²) in [4.78, 5) is 17.2. The Morgan fingerprint density at radius 1 is 1.45 bits per heavy atom. The molecule has 0 bridgehead atoms. The fraction of sp³-hybridized carbons (Fsp3) is 0.571. The van der Waals surface area contributed by atoms with Crippen LogP contribution in [-0.4, -0.2) is 48.1 Å². The highest BCUT2D eigenvalue weighted by atomic mass is 19.4. The predicted molar refractivity (Wildman–Crippen MR) is 76.0 cm³/mol. The summed E-state index contributed by atoms with van der Waals surface area (Å²) in [5, 5.41) is 2.75. The van der Waals surface area contributed by atoms with Crippen molar-refractivity contribution in [1.82, 2.24) is 15.2 Å². The van der Waals surface area contributed by atoms with Crippen LogP contribution in [0.1, 0.15) is 12.1 Å². The van der Waals surface area contributed by atoms with Gasteiger partial charge in [0.25, 0.3) is 0 Å². The first-order chi connectivity index (χ1) is 10.3. The molecule has 0 aromatic carbocycles. The van der Waals surface area contributed by atoms with Crippen molar-refractivity contribution >= 4 is 11.6 Å². The van der Waals surface area contributed by atoms with E-state index in [9.17, 15) is 18.0 Å². The average Bonchev–Trinajstić information content (AvgIpc) is 2.84. The molecule has 0 aliphatic carbocycles. The summed E-state index contributed by atoms with van der Waals surface area (Å²) in [5.74, 6) is -0.128. The molecule has 2 rings (SSSR count). The van der Waals surface area contributed by atoms with Gasteiger partial charge in [-0.1, -0.05) is 0 Å². The van der Waals surface area contributed by atoms with Crippen molar-refractivity contribution in [3.63, 3.8) is 0 Å². The number of rotatable bonds is 5. The minimum Gasteiger partial charge on any atom is -0.397 e. The predicted octanol–water partition coefficient (Wildman–Crippen LogP) is 1.21. The molecule has 122 valence electrons. The van der Waals surface area contributed by atoms with Crippen LogP contribution in [0.3, 0.4) is 0 Å². The quantitative estimate of drug-likeness (QED) is 0.856. The lowest BCUT2D eigenvalue weighted by molar-refractivity contribution is -0.143. The molecule has 1 aromatic heterocycles. The van der Waals surface area contributed by atoms with Gasteiger partial charge in [-0.25, -0.2) is 0 Å². The first kappa shape index (κ1) is 16.5. The lowest BCUT2D eigenvalue weighted by Crippen LogP contribution is -2.35. The van der Waals surface area contributed by atoms with Crippen molar-refractivity contribution in [1.29, 1.82) is 0 Å². The zero-order chi connectivity index (χ0) is 16.2. The van der Waals surface area contributed by atoms with Crippen LogP contribution < -0.4 is 11.1 Å². The number of nitrogen functional groups attached to an aromatic ring is 1. The third-order valence-corrected chi connectivity index (χ3v) is 3.55. The van der Waals surface area contributed by atoms with Crippen molar-refractivity contribution in [2.75, 3.05) is 31.9 Å². The number of hydrogen-bond acceptors (Lipinski definition) is 4. The second-order valence-electron chi connectivity index (χ2n) is 5.57. The van der Waals surface area contributed by atoms with E-state index in [-0.39, 0.29) is 18.2 Å². The van der Waals surface area contributed by atoms with Gasteiger partial charge in [0.1, 0.15) is 0 Å². The van der Waals surface area contributed by atoms with Crippen LogP contribution in [0.4, 0.5) is 18.9 Å². The molecule has 1 atom stereocenters. The van der Waals surface area contributed by atoms with Gasteiger partial charge in [0.05, 0.1) is 24.8 Å². The fourth-order valence-corrected chi connectivity index (χ4v) is 2.50. The number of pyridine rings is 1. The first-order valence-electron chi connectivity index (χ1n) is 7.08. The standard InChI is InChI=1S/C14H19F3N4O/c15-14(16,17)9-21-4-3-10(8-21)6-20-13(22)5-12-2-1-11(18)7-19-12/h1-2,7,10H,3-6,8-9,18H2,(H,20,22). The SMILES string of the molecule is Nc1ccc(CC(=O)NCC2CCN(CC(F)(F)F)C2)nc1. The highest BCUT2D eigenvalue weighted by Crippen LogP contribution is 2.22. The molecule has 22 heavy (non-hydrogen) atoms. The molecule has 5 nitrogen and oxygen atoms in total. The van der Waals surface area contributed by atoms with Crippen LogP contribution in [0, 0.1) is 5.92 Å². The summed E-state index contributed by atoms with van der Waals surface area (Å²) in [5.41, 5.74) is 6.64. The second kappa shape index (κ2) is 6.95. The lowest BCUT2D eigenvalue weighted by Gasteiger charge is -2.18. The number of nitrogens with two attached hydrogens (primary N) is 1. The van der Waals surface area contributed by atoms with E-state index >= 15 is 0 Å². The van der Waals surface area contributed by atoms with Crippen molar-refractivity contribution in [2.45, 2.75) is 19.0 Å². The maximum absolute atomic E-state index is 12.3. The van der Waals surface area contributed by atoms with Crippen molar-refractivity contribution in [2.24, 2.45) is 5.92 Å². The highest BCUT2D eigenvalue weighted by Gasteiger charge is 2.34. The topological polar surface area (TPSA) is 71.2 Å². The van der Waals surface area contributed by atoms with Crippen molar-refractivity contribution < 1.29 is 18.0 Å². The number of anilines is 1. The Labute approximate surface area is 126 Å². The normalized spacial score (nSPS) is 19.3. The summed E-state index contributed by atoms with van der Waals surface area (Å²) in [6, 6.07) is 3.34. The highest BCUT2D eigenvalue weighted by molar-refractivity contribution is 5.78. The molecule has 1 saturated heterocycles. The van der Waals surface area contributed by atoms with E-state index in [0.29, 0.717) is 37.4 Å². The van der Waals surface area contributed by atoms with Crippen molar-refractivity contribution in [3.05, 3.63) is 24.0 Å². The van der Waals surface area contributed by atoms with E-state index in [1.165, 1.54) is 11.1 Å². The molecule has 1 aliphatic heterocycles. The molecule has 8 heteroatoms. The third kappa shape index (κ3) is 5.51. The van der Waals surface area contributed by atoms with Crippen LogP contribution >= 0.6 is 0 Å². The van der Waals surface area contributed by atoms with Gasteiger partial charge in [-0.15, -0.1) is 0 Å². The van der Waals surface area contributed by atoms with Gasteiger partial charge in [0.15, 0.2) is 0 Å². The molecule has 1 fully saturated rings. The Kier molecular flexibility index (Phi) is 5.23. The number of amides is 1. The second-order valence-corrected chi connectivity index (χ2v) is 5.57. The number of nitrogens with zero attached hydrogens (tertiary/aromatic N) is 2. The number of carbonyl (C=O) groups is 1. The summed E-state index contributed by atoms with van der Waals surface area (Å²) in [6.07, 6.45) is -1.89. The Morgan fingerprint density at radius 3 is 2.86 bits per heavy atom. The Morgan fingerprint density at radius 2 is 2.23 bits per heavy atom. The third-order valence-electron chi connectivity index (χ3n) is 3.55. The van der Waals surface area contributed by atoms with Gasteiger partial charge < -0.3 is 11.1 Å². The maximum Gasteiger partial charge on any atom is 0.401 e. The van der Waals surface area contributed by atoms with Crippen LogP contribution in [0.2, 0.25) is 0 Å². The van der Waals surface area contributed by atoms with Gasteiger partial charge in [-0.3, -0.25) is 14.7 Å². The van der Waals surface area contributed by atoms with E-state index in [1.54, 1.807) is 12.1 Å². The minimum absolute atomic E-state index is 0.0608. The molecule has 1 unspecified atom stereocenters. The van der Waals surface area contributed by atoms with E-state index in [0.717, 1.165) is 0 Å². The molecule has 1 aliphatic rings. The number of halogens is 3. The molecule has 0 radical (unpaired) electrons. The van der Waals surface area contributed by atoms with E-state index in [1.807, 2.05) is 0 Å². The van der Waals surface area contributed by atoms with E-state index in [4.69, 9.17) is 5.73 Å². The number of hydrogen-bond donors (Lipinski definition) is 2. The smallest absolute Gasteiger partial charge is 0.397 e. The minimum atomic E-state index is -4.17. The van der Waals surface area contributed by atoms with Crippen LogP contribution in [-0.2, 0) is 11.2 Å². The fourth-order valence-electron chi connectivity index (χ4n) is 2.50. The summed E-state index contributed by atoms with van der Waals surface area (Å²) in [6.45, 7) is 0.286. The number of nitrogens with one attached hydrogen (secondary N) is 1. The summed E-state index contributed by atoms with van der Waals surface area (Å²) >= 11 is 0. The molecular formula is C14H19F3N4O. The van der Waals surface area contributed by atoms with Crippen LogP contribution in [0.25, 0.3) is 0 Å². The van der Waals surface area contributed by atoms with Gasteiger partial charge in [0, 0.05) is 18.8 Å².